The van der Waals surface area contributed by atoms with Crippen LogP contribution >= 0.6 is 0 Å². The zero-order valence-electron chi connectivity index (χ0n) is 12.0. The molecule has 0 spiro atoms. The number of benzene rings is 1. The van der Waals surface area contributed by atoms with Crippen LogP contribution in [0.25, 0.3) is 0 Å². The minimum absolute atomic E-state index is 0.497. The Morgan fingerprint density at radius 2 is 1.79 bits per heavy atom. The fourth-order valence-electron chi connectivity index (χ4n) is 1.93. The molecule has 1 aromatic rings. The normalized spacial score (nSPS) is 11.8. The van der Waals surface area contributed by atoms with E-state index < -0.39 is 6.10 Å². The Bertz CT molecular complexity index is 440. The summed E-state index contributed by atoms with van der Waals surface area (Å²) in [6.45, 7) is 5.78. The van der Waals surface area contributed by atoms with Gasteiger partial charge < -0.3 is 19.3 Å². The third-order valence-electron chi connectivity index (χ3n) is 2.94. The van der Waals surface area contributed by atoms with Gasteiger partial charge in [0.2, 0.25) is 5.75 Å². The molecule has 106 valence electrons. The molecule has 0 fully saturated rings. The highest BCUT2D eigenvalue weighted by Crippen LogP contribution is 2.42. The lowest BCUT2D eigenvalue weighted by molar-refractivity contribution is 0.162. The lowest BCUT2D eigenvalue weighted by atomic mass is 10.0. The van der Waals surface area contributed by atoms with E-state index in [2.05, 4.69) is 6.58 Å². The van der Waals surface area contributed by atoms with E-state index in [1.54, 1.807) is 33.5 Å². The van der Waals surface area contributed by atoms with Gasteiger partial charge in [0, 0.05) is 5.56 Å². The molecule has 0 radical (unpaired) electrons. The molecule has 1 rings (SSSR count). The summed E-state index contributed by atoms with van der Waals surface area (Å²) in [6.07, 6.45) is 0.742. The average molecular weight is 266 g/mol. The third kappa shape index (κ3) is 3.64. The van der Waals surface area contributed by atoms with E-state index in [9.17, 15) is 5.11 Å². The monoisotopic (exact) mass is 266 g/mol. The van der Waals surface area contributed by atoms with Crippen LogP contribution in [0.1, 0.15) is 31.4 Å². The van der Waals surface area contributed by atoms with Gasteiger partial charge in [-0.15, -0.1) is 6.58 Å². The van der Waals surface area contributed by atoms with Crippen molar-refractivity contribution in [1.29, 1.82) is 0 Å². The van der Waals surface area contributed by atoms with Crippen LogP contribution in [0, 0.1) is 0 Å². The van der Waals surface area contributed by atoms with E-state index in [0.717, 1.165) is 12.0 Å². The highest BCUT2D eigenvalue weighted by atomic mass is 16.5. The Labute approximate surface area is 114 Å². The molecule has 0 heterocycles. The summed E-state index contributed by atoms with van der Waals surface area (Å²) >= 11 is 0. The van der Waals surface area contributed by atoms with Gasteiger partial charge in [-0.3, -0.25) is 0 Å². The van der Waals surface area contributed by atoms with E-state index in [1.807, 2.05) is 6.92 Å². The number of rotatable bonds is 7. The van der Waals surface area contributed by atoms with Gasteiger partial charge in [0.1, 0.15) is 0 Å². The van der Waals surface area contributed by atoms with Crippen molar-refractivity contribution in [3.8, 4) is 17.2 Å². The Balaban J connectivity index is 3.09. The zero-order chi connectivity index (χ0) is 14.4. The summed E-state index contributed by atoms with van der Waals surface area (Å²) in [5, 5.41) is 10.2. The molecular formula is C15H22O4. The molecule has 1 atom stereocenters. The van der Waals surface area contributed by atoms with Crippen LogP contribution in [0.4, 0.5) is 0 Å². The van der Waals surface area contributed by atoms with Crippen molar-refractivity contribution in [3.05, 3.63) is 29.8 Å². The van der Waals surface area contributed by atoms with Gasteiger partial charge in [0.05, 0.1) is 27.4 Å². The quantitative estimate of drug-likeness (QED) is 0.770. The van der Waals surface area contributed by atoms with Crippen LogP contribution in [0.15, 0.2) is 24.3 Å². The first kappa shape index (κ1) is 15.4. The summed E-state index contributed by atoms with van der Waals surface area (Å²) in [7, 11) is 4.66. The molecule has 0 aliphatic rings. The summed E-state index contributed by atoms with van der Waals surface area (Å²) in [6, 6.07) is 3.56. The highest BCUT2D eigenvalue weighted by molar-refractivity contribution is 5.56. The van der Waals surface area contributed by atoms with E-state index >= 15 is 0 Å². The van der Waals surface area contributed by atoms with Crippen LogP contribution in [0.5, 0.6) is 17.2 Å². The summed E-state index contributed by atoms with van der Waals surface area (Å²) in [5.41, 5.74) is 1.74. The second-order valence-corrected chi connectivity index (χ2v) is 4.44. The van der Waals surface area contributed by atoms with E-state index in [4.69, 9.17) is 14.2 Å². The predicted octanol–water partition coefficient (Wildman–Crippen LogP) is 3.10. The Hall–Kier alpha value is -1.68. The molecule has 4 nitrogen and oxygen atoms in total. The zero-order valence-corrected chi connectivity index (χ0v) is 12.0. The predicted molar refractivity (Wildman–Crippen MR) is 75.1 cm³/mol. The molecular weight excluding hydrogens is 244 g/mol. The van der Waals surface area contributed by atoms with Gasteiger partial charge in [-0.1, -0.05) is 5.57 Å². The number of aliphatic hydroxyl groups excluding tert-OH is 1. The molecule has 1 N–H and O–H groups in total. The van der Waals surface area contributed by atoms with Gasteiger partial charge in [-0.25, -0.2) is 0 Å². The lowest BCUT2D eigenvalue weighted by Gasteiger charge is -2.19. The van der Waals surface area contributed by atoms with Gasteiger partial charge in [0.15, 0.2) is 11.5 Å². The molecule has 0 saturated carbocycles. The van der Waals surface area contributed by atoms with Gasteiger partial charge in [0.25, 0.3) is 0 Å². The van der Waals surface area contributed by atoms with Gasteiger partial charge >= 0.3 is 0 Å². The first-order chi connectivity index (χ1) is 9.04. The Morgan fingerprint density at radius 1 is 1.16 bits per heavy atom. The molecule has 1 unspecified atom stereocenters. The van der Waals surface area contributed by atoms with Crippen LogP contribution < -0.4 is 14.2 Å². The maximum absolute atomic E-state index is 10.2. The van der Waals surface area contributed by atoms with Crippen molar-refractivity contribution in [2.45, 2.75) is 25.9 Å². The second-order valence-electron chi connectivity index (χ2n) is 4.44. The third-order valence-corrected chi connectivity index (χ3v) is 2.94. The molecule has 4 heteroatoms. The van der Waals surface area contributed by atoms with Gasteiger partial charge in [-0.05, 0) is 31.9 Å². The fraction of sp³-hybridized carbons (Fsp3) is 0.467. The number of hydrogen-bond donors (Lipinski definition) is 1. The maximum Gasteiger partial charge on any atom is 0.203 e. The molecule has 0 amide bonds. The minimum Gasteiger partial charge on any atom is -0.493 e. The number of hydrogen-bond acceptors (Lipinski definition) is 4. The van der Waals surface area contributed by atoms with Crippen LogP contribution in [0.3, 0.4) is 0 Å². The molecule has 0 aliphatic carbocycles. The molecule has 1 aromatic carbocycles. The lowest BCUT2D eigenvalue weighted by Crippen LogP contribution is -2.04. The van der Waals surface area contributed by atoms with Crippen molar-refractivity contribution in [2.75, 3.05) is 21.3 Å². The maximum atomic E-state index is 10.2. The van der Waals surface area contributed by atoms with Crippen molar-refractivity contribution >= 4 is 0 Å². The molecule has 0 aromatic heterocycles. The first-order valence-corrected chi connectivity index (χ1v) is 6.16. The topological polar surface area (TPSA) is 47.9 Å². The highest BCUT2D eigenvalue weighted by Gasteiger charge is 2.20. The van der Waals surface area contributed by atoms with Crippen LogP contribution in [0.2, 0.25) is 0 Å². The number of aliphatic hydroxyl groups is 1. The molecule has 0 saturated heterocycles. The number of ether oxygens (including phenoxy) is 3. The van der Waals surface area contributed by atoms with Crippen molar-refractivity contribution in [2.24, 2.45) is 0 Å². The smallest absolute Gasteiger partial charge is 0.203 e. The standard InChI is InChI=1S/C15H22O4/c1-10(2)6-8-12(16)11-7-9-13(17-3)15(19-5)14(11)18-4/h7,9,12,16H,1,6,8H2,2-5H3. The number of allylic oxidation sites excluding steroid dienone is 1. The Morgan fingerprint density at radius 3 is 2.26 bits per heavy atom. The molecule has 0 aliphatic heterocycles. The van der Waals surface area contributed by atoms with E-state index in [1.165, 1.54) is 0 Å². The second kappa shape index (κ2) is 7.04. The fourth-order valence-corrected chi connectivity index (χ4v) is 1.93. The summed E-state index contributed by atoms with van der Waals surface area (Å²) in [4.78, 5) is 0. The molecule has 0 bridgehead atoms. The SMILES string of the molecule is C=C(C)CCC(O)c1ccc(OC)c(OC)c1OC. The van der Waals surface area contributed by atoms with E-state index in [-0.39, 0.29) is 0 Å². The van der Waals surface area contributed by atoms with Crippen molar-refractivity contribution < 1.29 is 19.3 Å². The van der Waals surface area contributed by atoms with Crippen LogP contribution in [-0.4, -0.2) is 26.4 Å². The van der Waals surface area contributed by atoms with Crippen LogP contribution in [-0.2, 0) is 0 Å². The minimum atomic E-state index is -0.619. The average Bonchev–Trinajstić information content (AvgIpc) is 2.42. The van der Waals surface area contributed by atoms with Gasteiger partial charge in [-0.2, -0.15) is 0 Å². The first-order valence-electron chi connectivity index (χ1n) is 6.16. The summed E-state index contributed by atoms with van der Waals surface area (Å²) < 4.78 is 15.9. The van der Waals surface area contributed by atoms with E-state index in [0.29, 0.717) is 29.2 Å². The number of methoxy groups -OCH3 is 3. The largest absolute Gasteiger partial charge is 0.493 e. The summed E-state index contributed by atoms with van der Waals surface area (Å²) in [5.74, 6) is 1.59. The molecule has 19 heavy (non-hydrogen) atoms. The van der Waals surface area contributed by atoms with Crippen molar-refractivity contribution in [1.82, 2.24) is 0 Å². The van der Waals surface area contributed by atoms with Crippen molar-refractivity contribution in [3.63, 3.8) is 0 Å². The Kier molecular flexibility index (Phi) is 5.70.